The Balaban J connectivity index is 1.42. The van der Waals surface area contributed by atoms with E-state index in [-0.39, 0.29) is 12.5 Å². The third-order valence-electron chi connectivity index (χ3n) is 4.98. The van der Waals surface area contributed by atoms with Gasteiger partial charge in [-0.25, -0.2) is 0 Å². The number of hydrogen-bond donors (Lipinski definition) is 2. The number of benzene rings is 1. The molecule has 2 aromatic heterocycles. The third kappa shape index (κ3) is 3.52. The van der Waals surface area contributed by atoms with Crippen molar-refractivity contribution < 1.29 is 14.6 Å². The number of carbonyl (C=O) groups is 1. The number of para-hydroxylation sites is 1. The van der Waals surface area contributed by atoms with Crippen molar-refractivity contribution in [2.75, 3.05) is 13.7 Å². The Morgan fingerprint density at radius 3 is 2.70 bits per heavy atom. The van der Waals surface area contributed by atoms with Gasteiger partial charge in [0.1, 0.15) is 11.9 Å². The summed E-state index contributed by atoms with van der Waals surface area (Å²) in [5, 5.41) is 15.5. The SMILES string of the molecule is COc1ccccc1C1(C(=O)NCC(O)c2ccc(-c3cccs3)s2)CC1. The molecule has 1 aliphatic rings. The van der Waals surface area contributed by atoms with Gasteiger partial charge in [0.05, 0.1) is 12.5 Å². The lowest BCUT2D eigenvalue weighted by molar-refractivity contribution is -0.124. The Hall–Kier alpha value is -2.15. The Morgan fingerprint density at radius 2 is 2.00 bits per heavy atom. The van der Waals surface area contributed by atoms with E-state index in [1.54, 1.807) is 29.8 Å². The molecule has 2 heterocycles. The summed E-state index contributed by atoms with van der Waals surface area (Å²) in [6, 6.07) is 15.7. The summed E-state index contributed by atoms with van der Waals surface area (Å²) in [5.41, 5.74) is 0.403. The summed E-state index contributed by atoms with van der Waals surface area (Å²) in [5.74, 6) is 0.700. The monoisotopic (exact) mass is 399 g/mol. The fourth-order valence-electron chi connectivity index (χ4n) is 3.33. The number of aliphatic hydroxyl groups excluding tert-OH is 1. The topological polar surface area (TPSA) is 58.6 Å². The van der Waals surface area contributed by atoms with Crippen LogP contribution in [-0.2, 0) is 10.2 Å². The van der Waals surface area contributed by atoms with Crippen LogP contribution < -0.4 is 10.1 Å². The molecule has 6 heteroatoms. The number of ether oxygens (including phenoxy) is 1. The zero-order chi connectivity index (χ0) is 18.9. The van der Waals surface area contributed by atoms with Crippen LogP contribution in [0.4, 0.5) is 0 Å². The average Bonchev–Trinajstić information content (AvgIpc) is 3.10. The first-order valence-corrected chi connectivity index (χ1v) is 10.6. The molecule has 4 nitrogen and oxygen atoms in total. The second-order valence-electron chi connectivity index (χ2n) is 6.69. The number of thiophene rings is 2. The fraction of sp³-hybridized carbons (Fsp3) is 0.286. The van der Waals surface area contributed by atoms with Gasteiger partial charge in [-0.15, -0.1) is 22.7 Å². The molecule has 0 spiro atoms. The molecule has 1 atom stereocenters. The standard InChI is InChI=1S/C21H21NO3S2/c1-25-16-6-3-2-5-14(16)21(10-11-21)20(24)22-13-15(23)17-8-9-19(27-17)18-7-4-12-26-18/h2-9,12,15,23H,10-11,13H2,1H3,(H,22,24). The third-order valence-corrected chi connectivity index (χ3v) is 7.23. The minimum absolute atomic E-state index is 0.0407. The van der Waals surface area contributed by atoms with Gasteiger partial charge < -0.3 is 15.2 Å². The van der Waals surface area contributed by atoms with Crippen molar-refractivity contribution in [1.29, 1.82) is 0 Å². The van der Waals surface area contributed by atoms with Gasteiger partial charge in [-0.3, -0.25) is 4.79 Å². The number of hydrogen-bond acceptors (Lipinski definition) is 5. The van der Waals surface area contributed by atoms with Crippen molar-refractivity contribution >= 4 is 28.6 Å². The molecule has 1 amide bonds. The number of rotatable bonds is 7. The van der Waals surface area contributed by atoms with E-state index in [9.17, 15) is 9.90 Å². The lowest BCUT2D eigenvalue weighted by Crippen LogP contribution is -2.37. The van der Waals surface area contributed by atoms with E-state index < -0.39 is 11.5 Å². The summed E-state index contributed by atoms with van der Waals surface area (Å²) in [6.07, 6.45) is 0.898. The van der Waals surface area contributed by atoms with Crippen LogP contribution >= 0.6 is 22.7 Å². The normalized spacial score (nSPS) is 15.9. The summed E-state index contributed by atoms with van der Waals surface area (Å²) >= 11 is 3.24. The molecular weight excluding hydrogens is 378 g/mol. The molecule has 1 aromatic carbocycles. The number of methoxy groups -OCH3 is 1. The highest BCUT2D eigenvalue weighted by atomic mass is 32.1. The van der Waals surface area contributed by atoms with Gasteiger partial charge in [0, 0.05) is 26.7 Å². The predicted octanol–water partition coefficient (Wildman–Crippen LogP) is 4.37. The molecule has 0 aliphatic heterocycles. The smallest absolute Gasteiger partial charge is 0.230 e. The van der Waals surface area contributed by atoms with Crippen LogP contribution in [0.25, 0.3) is 9.75 Å². The maximum atomic E-state index is 12.9. The summed E-state index contributed by atoms with van der Waals surface area (Å²) in [6.45, 7) is 0.208. The predicted molar refractivity (Wildman–Crippen MR) is 110 cm³/mol. The zero-order valence-corrected chi connectivity index (χ0v) is 16.6. The molecular formula is C21H21NO3S2. The van der Waals surface area contributed by atoms with E-state index in [1.165, 1.54) is 4.88 Å². The number of amides is 1. The van der Waals surface area contributed by atoms with Gasteiger partial charge in [-0.05, 0) is 42.5 Å². The van der Waals surface area contributed by atoms with Crippen molar-refractivity contribution in [3.63, 3.8) is 0 Å². The van der Waals surface area contributed by atoms with Gasteiger partial charge in [0.2, 0.25) is 5.91 Å². The van der Waals surface area contributed by atoms with Crippen LogP contribution in [0.2, 0.25) is 0 Å². The fourth-order valence-corrected chi connectivity index (χ4v) is 5.15. The van der Waals surface area contributed by atoms with Crippen molar-refractivity contribution in [1.82, 2.24) is 5.32 Å². The number of carbonyl (C=O) groups excluding carboxylic acids is 1. The molecule has 3 aromatic rings. The van der Waals surface area contributed by atoms with Crippen molar-refractivity contribution in [2.45, 2.75) is 24.4 Å². The zero-order valence-electron chi connectivity index (χ0n) is 15.0. The molecule has 27 heavy (non-hydrogen) atoms. The highest BCUT2D eigenvalue weighted by Crippen LogP contribution is 2.51. The summed E-state index contributed by atoms with van der Waals surface area (Å²) in [4.78, 5) is 16.0. The lowest BCUT2D eigenvalue weighted by Gasteiger charge is -2.19. The molecule has 2 N–H and O–H groups in total. The van der Waals surface area contributed by atoms with Gasteiger partial charge in [-0.2, -0.15) is 0 Å². The first kappa shape index (κ1) is 18.2. The molecule has 1 fully saturated rings. The van der Waals surface area contributed by atoms with E-state index in [2.05, 4.69) is 11.4 Å². The quantitative estimate of drug-likeness (QED) is 0.620. The van der Waals surface area contributed by atoms with Crippen LogP contribution in [0.1, 0.15) is 29.4 Å². The maximum absolute atomic E-state index is 12.9. The molecule has 140 valence electrons. The second kappa shape index (κ2) is 7.46. The highest BCUT2D eigenvalue weighted by molar-refractivity contribution is 7.21. The first-order chi connectivity index (χ1) is 13.1. The van der Waals surface area contributed by atoms with Crippen LogP contribution in [-0.4, -0.2) is 24.7 Å². The number of aliphatic hydroxyl groups is 1. The van der Waals surface area contributed by atoms with E-state index in [0.29, 0.717) is 0 Å². The Kier molecular flexibility index (Phi) is 5.04. The lowest BCUT2D eigenvalue weighted by atomic mass is 9.94. The van der Waals surface area contributed by atoms with E-state index in [4.69, 9.17) is 4.74 Å². The molecule has 1 aliphatic carbocycles. The van der Waals surface area contributed by atoms with Gasteiger partial charge in [-0.1, -0.05) is 24.3 Å². The summed E-state index contributed by atoms with van der Waals surface area (Å²) < 4.78 is 5.43. The van der Waals surface area contributed by atoms with E-state index in [0.717, 1.165) is 33.9 Å². The van der Waals surface area contributed by atoms with Crippen molar-refractivity contribution in [2.24, 2.45) is 0 Å². The second-order valence-corrected chi connectivity index (χ2v) is 8.75. The molecule has 4 rings (SSSR count). The van der Waals surface area contributed by atoms with Crippen molar-refractivity contribution in [3.8, 4) is 15.5 Å². The minimum atomic E-state index is -0.707. The maximum Gasteiger partial charge on any atom is 0.230 e. The molecule has 1 saturated carbocycles. The number of nitrogens with one attached hydrogen (secondary N) is 1. The molecule has 1 unspecified atom stereocenters. The Bertz CT molecular complexity index is 929. The van der Waals surface area contributed by atoms with E-state index >= 15 is 0 Å². The molecule has 0 saturated heterocycles. The van der Waals surface area contributed by atoms with Gasteiger partial charge in [0.15, 0.2) is 0 Å². The summed E-state index contributed by atoms with van der Waals surface area (Å²) in [7, 11) is 1.62. The van der Waals surface area contributed by atoms with Crippen LogP contribution in [0, 0.1) is 0 Å². The Labute approximate surface area is 166 Å². The van der Waals surface area contributed by atoms with Crippen LogP contribution in [0.15, 0.2) is 53.9 Å². The molecule has 0 bridgehead atoms. The average molecular weight is 400 g/mol. The van der Waals surface area contributed by atoms with E-state index in [1.807, 2.05) is 47.8 Å². The van der Waals surface area contributed by atoms with Gasteiger partial charge >= 0.3 is 0 Å². The largest absolute Gasteiger partial charge is 0.496 e. The highest BCUT2D eigenvalue weighted by Gasteiger charge is 2.52. The van der Waals surface area contributed by atoms with Crippen molar-refractivity contribution in [3.05, 3.63) is 64.4 Å². The first-order valence-electron chi connectivity index (χ1n) is 8.87. The van der Waals surface area contributed by atoms with Gasteiger partial charge in [0.25, 0.3) is 0 Å². The van der Waals surface area contributed by atoms with Crippen LogP contribution in [0.3, 0.4) is 0 Å². The molecule has 0 radical (unpaired) electrons. The van der Waals surface area contributed by atoms with Crippen LogP contribution in [0.5, 0.6) is 5.75 Å². The minimum Gasteiger partial charge on any atom is -0.496 e. The Morgan fingerprint density at radius 1 is 1.19 bits per heavy atom.